The van der Waals surface area contributed by atoms with E-state index in [4.69, 9.17) is 23.7 Å². The number of methoxy groups -OCH3 is 2. The fourth-order valence-electron chi connectivity index (χ4n) is 3.07. The fourth-order valence-corrected chi connectivity index (χ4v) is 3.07. The molecular formula is C15H27NO10. The lowest BCUT2D eigenvalue weighted by Crippen LogP contribution is -2.67. The van der Waals surface area contributed by atoms with E-state index in [1.165, 1.54) is 21.1 Å². The molecule has 2 saturated heterocycles. The molecule has 0 aromatic heterocycles. The van der Waals surface area contributed by atoms with Crippen LogP contribution in [0.25, 0.3) is 0 Å². The number of ether oxygens (including phenoxy) is 5. The van der Waals surface area contributed by atoms with Gasteiger partial charge in [-0.05, 0) is 0 Å². The molecule has 0 aromatic carbocycles. The van der Waals surface area contributed by atoms with Crippen LogP contribution in [0.15, 0.2) is 0 Å². The third-order valence-electron chi connectivity index (χ3n) is 4.48. The van der Waals surface area contributed by atoms with Gasteiger partial charge in [-0.25, -0.2) is 0 Å². The van der Waals surface area contributed by atoms with Crippen LogP contribution in [0.4, 0.5) is 0 Å². The number of aliphatic hydroxyl groups excluding tert-OH is 4. The molecule has 11 heteroatoms. The molecule has 11 nitrogen and oxygen atoms in total. The SMILES string of the molecule is CO[C@@H]1OC(CO)[C@@H](O)[C@H](O[C@@H]2OC[C@@H](OC)[C@H](O)C2O)C1NC(C)=O. The second-order valence-electron chi connectivity index (χ2n) is 6.24. The standard InChI is InChI=1S/C15H27NO10/c1-6(18)16-9-13(11(20)7(4-17)25-14(9)23-3)26-15-12(21)10(19)8(22-2)5-24-15/h7-15,17,19-21H,4-5H2,1-3H3,(H,16,18)/t7?,8-,9?,10+,11-,12?,13-,14-,15+/m1/s1. The van der Waals surface area contributed by atoms with Crippen molar-refractivity contribution in [3.63, 3.8) is 0 Å². The summed E-state index contributed by atoms with van der Waals surface area (Å²) in [6.07, 6.45) is -9.27. The largest absolute Gasteiger partial charge is 0.394 e. The van der Waals surface area contributed by atoms with E-state index in [2.05, 4.69) is 5.32 Å². The number of amides is 1. The maximum atomic E-state index is 11.5. The molecule has 5 N–H and O–H groups in total. The Morgan fingerprint density at radius 1 is 1.12 bits per heavy atom. The number of hydrogen-bond acceptors (Lipinski definition) is 10. The lowest BCUT2D eigenvalue weighted by Gasteiger charge is -2.46. The van der Waals surface area contributed by atoms with Crippen molar-refractivity contribution in [3.8, 4) is 0 Å². The molecule has 1 amide bonds. The van der Waals surface area contributed by atoms with E-state index in [0.29, 0.717) is 0 Å². The van der Waals surface area contributed by atoms with Crippen molar-refractivity contribution in [1.82, 2.24) is 5.32 Å². The molecule has 0 radical (unpaired) electrons. The van der Waals surface area contributed by atoms with Crippen molar-refractivity contribution in [1.29, 1.82) is 0 Å². The zero-order valence-corrected chi connectivity index (χ0v) is 14.8. The number of carbonyl (C=O) groups is 1. The number of rotatable bonds is 6. The Balaban J connectivity index is 2.19. The summed E-state index contributed by atoms with van der Waals surface area (Å²) in [6, 6.07) is -0.941. The minimum atomic E-state index is -1.45. The predicted molar refractivity (Wildman–Crippen MR) is 83.8 cm³/mol. The van der Waals surface area contributed by atoms with Crippen LogP contribution in [0.3, 0.4) is 0 Å². The molecule has 0 bridgehead atoms. The van der Waals surface area contributed by atoms with Gasteiger partial charge in [0.1, 0.15) is 42.7 Å². The van der Waals surface area contributed by atoms with Crippen LogP contribution in [0, 0.1) is 0 Å². The number of carbonyl (C=O) groups excluding carboxylic acids is 1. The molecule has 2 aliphatic heterocycles. The smallest absolute Gasteiger partial charge is 0.217 e. The predicted octanol–water partition coefficient (Wildman–Crippen LogP) is -3.31. The first-order valence-corrected chi connectivity index (χ1v) is 8.24. The molecule has 0 aromatic rings. The normalized spacial score (nSPS) is 43.9. The summed E-state index contributed by atoms with van der Waals surface area (Å²) in [7, 11) is 2.71. The summed E-state index contributed by atoms with van der Waals surface area (Å²) in [5.41, 5.74) is 0. The highest BCUT2D eigenvalue weighted by atomic mass is 16.7. The van der Waals surface area contributed by atoms with Crippen molar-refractivity contribution >= 4 is 5.91 Å². The molecule has 2 fully saturated rings. The second kappa shape index (κ2) is 9.35. The third kappa shape index (κ3) is 4.50. The van der Waals surface area contributed by atoms with Crippen LogP contribution in [0.2, 0.25) is 0 Å². The Morgan fingerprint density at radius 2 is 1.81 bits per heavy atom. The summed E-state index contributed by atoms with van der Waals surface area (Å²) in [6.45, 7) is 0.712. The van der Waals surface area contributed by atoms with Gasteiger partial charge in [0.2, 0.25) is 5.91 Å². The van der Waals surface area contributed by atoms with Gasteiger partial charge in [-0.1, -0.05) is 0 Å². The molecule has 2 heterocycles. The zero-order chi connectivity index (χ0) is 19.4. The lowest BCUT2D eigenvalue weighted by molar-refractivity contribution is -0.328. The maximum Gasteiger partial charge on any atom is 0.217 e. The van der Waals surface area contributed by atoms with Gasteiger partial charge in [-0.3, -0.25) is 4.79 Å². The molecule has 26 heavy (non-hydrogen) atoms. The van der Waals surface area contributed by atoms with Crippen LogP contribution >= 0.6 is 0 Å². The van der Waals surface area contributed by atoms with Crippen LogP contribution in [0.1, 0.15) is 6.92 Å². The molecule has 152 valence electrons. The molecule has 0 spiro atoms. The molecule has 9 atom stereocenters. The minimum Gasteiger partial charge on any atom is -0.394 e. The van der Waals surface area contributed by atoms with Gasteiger partial charge in [-0.15, -0.1) is 0 Å². The van der Waals surface area contributed by atoms with Crippen LogP contribution in [-0.4, -0.2) is 109 Å². The van der Waals surface area contributed by atoms with E-state index >= 15 is 0 Å². The average Bonchev–Trinajstić information content (AvgIpc) is 2.61. The Labute approximate surface area is 150 Å². The van der Waals surface area contributed by atoms with Crippen LogP contribution < -0.4 is 5.32 Å². The quantitative estimate of drug-likeness (QED) is 0.316. The van der Waals surface area contributed by atoms with Gasteiger partial charge in [-0.2, -0.15) is 0 Å². The van der Waals surface area contributed by atoms with E-state index < -0.39 is 67.8 Å². The van der Waals surface area contributed by atoms with Crippen LogP contribution in [-0.2, 0) is 28.5 Å². The lowest BCUT2D eigenvalue weighted by atomic mass is 9.96. The van der Waals surface area contributed by atoms with Gasteiger partial charge < -0.3 is 49.4 Å². The monoisotopic (exact) mass is 381 g/mol. The molecule has 0 aliphatic carbocycles. The van der Waals surface area contributed by atoms with Gasteiger partial charge in [0.15, 0.2) is 12.6 Å². The van der Waals surface area contributed by atoms with Gasteiger partial charge in [0, 0.05) is 21.1 Å². The van der Waals surface area contributed by atoms with E-state index in [1.54, 1.807) is 0 Å². The highest BCUT2D eigenvalue weighted by Crippen LogP contribution is 2.28. The number of nitrogens with one attached hydrogen (secondary N) is 1. The first-order chi connectivity index (χ1) is 12.3. The highest BCUT2D eigenvalue weighted by Gasteiger charge is 2.50. The van der Waals surface area contributed by atoms with Crippen molar-refractivity contribution in [2.75, 3.05) is 27.4 Å². The minimum absolute atomic E-state index is 0.0410. The summed E-state index contributed by atoms with van der Waals surface area (Å²) < 4.78 is 26.7. The topological polar surface area (TPSA) is 156 Å². The number of aliphatic hydroxyl groups is 4. The molecule has 2 aliphatic rings. The van der Waals surface area contributed by atoms with Gasteiger partial charge >= 0.3 is 0 Å². The molecule has 2 rings (SSSR count). The first-order valence-electron chi connectivity index (χ1n) is 8.24. The Morgan fingerprint density at radius 3 is 2.35 bits per heavy atom. The van der Waals surface area contributed by atoms with Gasteiger partial charge in [0.05, 0.1) is 13.2 Å². The Bertz CT molecular complexity index is 466. The first kappa shape index (κ1) is 21.4. The summed E-state index contributed by atoms with van der Waals surface area (Å²) in [4.78, 5) is 11.5. The highest BCUT2D eigenvalue weighted by molar-refractivity contribution is 5.73. The van der Waals surface area contributed by atoms with E-state index in [9.17, 15) is 25.2 Å². The van der Waals surface area contributed by atoms with E-state index in [-0.39, 0.29) is 6.61 Å². The molecule has 0 saturated carbocycles. The maximum absolute atomic E-state index is 11.5. The van der Waals surface area contributed by atoms with Crippen molar-refractivity contribution < 1.29 is 48.9 Å². The number of hydrogen-bond donors (Lipinski definition) is 5. The molecule has 3 unspecified atom stereocenters. The summed E-state index contributed by atoms with van der Waals surface area (Å²) in [5, 5.41) is 42.7. The Hall–Kier alpha value is -0.890. The van der Waals surface area contributed by atoms with Crippen molar-refractivity contribution in [3.05, 3.63) is 0 Å². The molecular weight excluding hydrogens is 354 g/mol. The van der Waals surface area contributed by atoms with Crippen molar-refractivity contribution in [2.45, 2.75) is 62.2 Å². The fraction of sp³-hybridized carbons (Fsp3) is 0.933. The third-order valence-corrected chi connectivity index (χ3v) is 4.48. The second-order valence-corrected chi connectivity index (χ2v) is 6.24. The summed E-state index contributed by atoms with van der Waals surface area (Å²) in [5.74, 6) is -0.423. The van der Waals surface area contributed by atoms with E-state index in [1.807, 2.05) is 0 Å². The van der Waals surface area contributed by atoms with Crippen molar-refractivity contribution in [2.24, 2.45) is 0 Å². The summed E-state index contributed by atoms with van der Waals surface area (Å²) >= 11 is 0. The zero-order valence-electron chi connectivity index (χ0n) is 14.8. The Kier molecular flexibility index (Phi) is 7.70. The van der Waals surface area contributed by atoms with Gasteiger partial charge in [0.25, 0.3) is 0 Å². The van der Waals surface area contributed by atoms with Crippen LogP contribution in [0.5, 0.6) is 0 Å². The van der Waals surface area contributed by atoms with E-state index in [0.717, 1.165) is 0 Å². The average molecular weight is 381 g/mol.